The van der Waals surface area contributed by atoms with Crippen molar-refractivity contribution in [3.05, 3.63) is 88.2 Å². The minimum absolute atomic E-state index is 0.182. The second kappa shape index (κ2) is 10.9. The highest BCUT2D eigenvalue weighted by Gasteiger charge is 2.21. The summed E-state index contributed by atoms with van der Waals surface area (Å²) < 4.78 is 3.96. The number of nitrogens with zero attached hydrogens (tertiary/aromatic N) is 6. The summed E-state index contributed by atoms with van der Waals surface area (Å²) in [6.07, 6.45) is 0.141. The minimum atomic E-state index is -1.61. The highest BCUT2D eigenvalue weighted by Crippen LogP contribution is 1.93. The molecule has 0 fully saturated rings. The molecule has 0 saturated carbocycles. The van der Waals surface area contributed by atoms with E-state index in [0.717, 1.165) is 11.6 Å². The van der Waals surface area contributed by atoms with Gasteiger partial charge in [0, 0.05) is 7.05 Å². The first kappa shape index (κ1) is 26.5. The van der Waals surface area contributed by atoms with Crippen LogP contribution in [0.5, 0.6) is 0 Å². The molecule has 0 bridgehead atoms. The van der Waals surface area contributed by atoms with Gasteiger partial charge in [0.2, 0.25) is 0 Å². The third kappa shape index (κ3) is 5.07. The largest absolute Gasteiger partial charge is 0.391 e. The summed E-state index contributed by atoms with van der Waals surface area (Å²) in [7, 11) is 1.15. The van der Waals surface area contributed by atoms with Crippen LogP contribution in [-0.2, 0) is 39.8 Å². The average molecular weight is 480 g/mol. The van der Waals surface area contributed by atoms with E-state index in [1.54, 1.807) is 6.92 Å². The molecule has 34 heavy (non-hydrogen) atoms. The van der Waals surface area contributed by atoms with Crippen LogP contribution in [0.1, 0.15) is 13.3 Å². The van der Waals surface area contributed by atoms with Crippen molar-refractivity contribution in [3.63, 3.8) is 0 Å². The van der Waals surface area contributed by atoms with Crippen LogP contribution < -0.4 is 34.1 Å². The lowest BCUT2D eigenvalue weighted by Gasteiger charge is -2.18. The van der Waals surface area contributed by atoms with E-state index >= 15 is 0 Å². The van der Waals surface area contributed by atoms with Crippen molar-refractivity contribution >= 4 is 0 Å². The predicted octanol–water partition coefficient (Wildman–Crippen LogP) is -3.60. The standard InChI is InChI=1S/C20H28N6O8/c1-5-8-22-15(29)21(4)16(30)24(17(22)31)11-14(28)12-26-19(33)23(9-6-2)18(32)25(20(26)34)10-13(27)7-3/h5-6,13-14,27-28H,1-2,7-12H2,3-4H3. The van der Waals surface area contributed by atoms with E-state index in [1.165, 1.54) is 12.2 Å². The first-order valence-corrected chi connectivity index (χ1v) is 10.4. The molecular weight excluding hydrogens is 452 g/mol. The van der Waals surface area contributed by atoms with Gasteiger partial charge in [-0.1, -0.05) is 19.1 Å². The molecule has 0 aliphatic heterocycles. The highest BCUT2D eigenvalue weighted by molar-refractivity contribution is 4.85. The summed E-state index contributed by atoms with van der Waals surface area (Å²) >= 11 is 0. The number of hydrogen-bond donors (Lipinski definition) is 2. The number of aromatic nitrogens is 6. The summed E-state index contributed by atoms with van der Waals surface area (Å²) in [4.78, 5) is 75.4. The Morgan fingerprint density at radius 1 is 0.647 bits per heavy atom. The van der Waals surface area contributed by atoms with Crippen LogP contribution in [0, 0.1) is 0 Å². The Hall–Kier alpha value is -3.78. The summed E-state index contributed by atoms with van der Waals surface area (Å²) in [6.45, 7) is 6.44. The highest BCUT2D eigenvalue weighted by atomic mass is 16.3. The summed E-state index contributed by atoms with van der Waals surface area (Å²) in [5, 5.41) is 20.5. The van der Waals surface area contributed by atoms with Gasteiger partial charge in [0.05, 0.1) is 44.9 Å². The number of rotatable bonds is 11. The van der Waals surface area contributed by atoms with E-state index in [4.69, 9.17) is 0 Å². The Kier molecular flexibility index (Phi) is 8.48. The molecule has 0 aromatic carbocycles. The maximum absolute atomic E-state index is 12.9. The van der Waals surface area contributed by atoms with E-state index in [-0.39, 0.29) is 26.1 Å². The van der Waals surface area contributed by atoms with Crippen molar-refractivity contribution in [2.45, 2.75) is 58.3 Å². The van der Waals surface area contributed by atoms with E-state index in [0.29, 0.717) is 22.8 Å². The SMILES string of the molecule is C=CCn1c(=O)n(C)c(=O)n(CC(O)Cn2c(=O)n(CC=C)c(=O)n(CC(O)CC)c2=O)c1=O. The van der Waals surface area contributed by atoms with Gasteiger partial charge in [-0.25, -0.2) is 56.2 Å². The normalized spacial score (nSPS) is 12.9. The number of hydrogen-bond acceptors (Lipinski definition) is 8. The van der Waals surface area contributed by atoms with Crippen LogP contribution in [0.25, 0.3) is 0 Å². The van der Waals surface area contributed by atoms with Gasteiger partial charge in [-0.15, -0.1) is 13.2 Å². The van der Waals surface area contributed by atoms with E-state index < -0.39 is 59.4 Å². The van der Waals surface area contributed by atoms with Crippen molar-refractivity contribution in [1.29, 1.82) is 0 Å². The van der Waals surface area contributed by atoms with Gasteiger partial charge < -0.3 is 10.2 Å². The van der Waals surface area contributed by atoms with Crippen molar-refractivity contribution in [3.8, 4) is 0 Å². The fourth-order valence-corrected chi connectivity index (χ4v) is 3.29. The molecule has 2 unspecified atom stereocenters. The van der Waals surface area contributed by atoms with Crippen LogP contribution in [0.2, 0.25) is 0 Å². The lowest BCUT2D eigenvalue weighted by molar-refractivity contribution is 0.120. The number of aliphatic hydroxyl groups excluding tert-OH is 2. The van der Waals surface area contributed by atoms with Crippen molar-refractivity contribution in [2.24, 2.45) is 7.05 Å². The van der Waals surface area contributed by atoms with Crippen LogP contribution >= 0.6 is 0 Å². The second-order valence-electron chi connectivity index (χ2n) is 7.60. The third-order valence-corrected chi connectivity index (χ3v) is 5.16. The minimum Gasteiger partial charge on any atom is -0.391 e. The second-order valence-corrected chi connectivity index (χ2v) is 7.60. The molecule has 186 valence electrons. The van der Waals surface area contributed by atoms with Gasteiger partial charge in [-0.2, -0.15) is 0 Å². The van der Waals surface area contributed by atoms with Crippen molar-refractivity contribution in [2.75, 3.05) is 0 Å². The molecule has 0 saturated heterocycles. The Balaban J connectivity index is 2.58. The molecule has 14 nitrogen and oxygen atoms in total. The molecule has 2 heterocycles. The predicted molar refractivity (Wildman–Crippen MR) is 122 cm³/mol. The molecule has 2 N–H and O–H groups in total. The quantitative estimate of drug-likeness (QED) is 0.310. The van der Waals surface area contributed by atoms with E-state index in [2.05, 4.69) is 13.2 Å². The van der Waals surface area contributed by atoms with Gasteiger partial charge in [0.15, 0.2) is 0 Å². The first-order chi connectivity index (χ1) is 16.0. The summed E-state index contributed by atoms with van der Waals surface area (Å²) in [5.74, 6) is 0. The number of allylic oxidation sites excluding steroid dienone is 2. The van der Waals surface area contributed by atoms with Crippen LogP contribution in [0.4, 0.5) is 0 Å². The molecule has 0 amide bonds. The van der Waals surface area contributed by atoms with Crippen LogP contribution in [0.3, 0.4) is 0 Å². The maximum atomic E-state index is 12.9. The molecular formula is C20H28N6O8. The molecule has 0 spiro atoms. The summed E-state index contributed by atoms with van der Waals surface area (Å²) in [5.41, 5.74) is -5.92. The third-order valence-electron chi connectivity index (χ3n) is 5.16. The van der Waals surface area contributed by atoms with Gasteiger partial charge >= 0.3 is 34.1 Å². The molecule has 0 radical (unpaired) electrons. The lowest BCUT2D eigenvalue weighted by Crippen LogP contribution is -2.57. The molecule has 0 aliphatic rings. The van der Waals surface area contributed by atoms with Gasteiger partial charge in [-0.05, 0) is 6.42 Å². The molecule has 0 aliphatic carbocycles. The summed E-state index contributed by atoms with van der Waals surface area (Å²) in [6, 6.07) is 0. The van der Waals surface area contributed by atoms with Crippen molar-refractivity contribution < 1.29 is 10.2 Å². The maximum Gasteiger partial charge on any atom is 0.336 e. The molecule has 14 heteroatoms. The fourth-order valence-electron chi connectivity index (χ4n) is 3.29. The lowest BCUT2D eigenvalue weighted by atomic mass is 10.3. The fraction of sp³-hybridized carbons (Fsp3) is 0.500. The Morgan fingerprint density at radius 3 is 1.38 bits per heavy atom. The van der Waals surface area contributed by atoms with Gasteiger partial charge in [-0.3, -0.25) is 0 Å². The van der Waals surface area contributed by atoms with Crippen molar-refractivity contribution in [1.82, 2.24) is 27.4 Å². The number of aliphatic hydroxyl groups is 2. The molecule has 2 atom stereocenters. The molecule has 2 aromatic rings. The molecule has 2 aromatic heterocycles. The zero-order chi connectivity index (χ0) is 25.7. The monoisotopic (exact) mass is 480 g/mol. The van der Waals surface area contributed by atoms with Crippen LogP contribution in [0.15, 0.2) is 54.1 Å². The average Bonchev–Trinajstić information content (AvgIpc) is 2.81. The van der Waals surface area contributed by atoms with Crippen LogP contribution in [-0.4, -0.2) is 49.8 Å². The zero-order valence-electron chi connectivity index (χ0n) is 19.0. The smallest absolute Gasteiger partial charge is 0.336 e. The molecule has 2 rings (SSSR count). The Morgan fingerprint density at radius 2 is 0.971 bits per heavy atom. The zero-order valence-corrected chi connectivity index (χ0v) is 19.0. The Labute approximate surface area is 191 Å². The van der Waals surface area contributed by atoms with Gasteiger partial charge in [0.25, 0.3) is 0 Å². The van der Waals surface area contributed by atoms with E-state index in [9.17, 15) is 39.0 Å². The first-order valence-electron chi connectivity index (χ1n) is 10.4. The van der Waals surface area contributed by atoms with E-state index in [1.807, 2.05) is 0 Å². The topological polar surface area (TPSA) is 172 Å². The van der Waals surface area contributed by atoms with Gasteiger partial charge in [0.1, 0.15) is 0 Å². The Bertz CT molecular complexity index is 1430.